The monoisotopic (exact) mass is 320 g/mol. The van der Waals surface area contributed by atoms with Gasteiger partial charge in [0.2, 0.25) is 0 Å². The van der Waals surface area contributed by atoms with E-state index < -0.39 is 18.5 Å². The summed E-state index contributed by atoms with van der Waals surface area (Å²) in [5, 5.41) is 14.3. The summed E-state index contributed by atoms with van der Waals surface area (Å²) in [6, 6.07) is 4.98. The molecule has 0 bridgehead atoms. The number of para-hydroxylation sites is 1. The van der Waals surface area contributed by atoms with Crippen molar-refractivity contribution < 1.29 is 27.8 Å². The van der Waals surface area contributed by atoms with Crippen LogP contribution in [0.4, 0.5) is 18.0 Å². The maximum absolute atomic E-state index is 12.3. The van der Waals surface area contributed by atoms with Crippen LogP contribution in [0.15, 0.2) is 24.3 Å². The molecule has 0 saturated carbocycles. The van der Waals surface area contributed by atoms with Crippen LogP contribution in [-0.4, -0.2) is 30.1 Å². The van der Waals surface area contributed by atoms with Gasteiger partial charge in [-0.1, -0.05) is 31.5 Å². The van der Waals surface area contributed by atoms with E-state index in [4.69, 9.17) is 0 Å². The molecule has 1 atom stereocenters. The first-order chi connectivity index (χ1) is 10.3. The number of ether oxygens (including phenoxy) is 1. The van der Waals surface area contributed by atoms with E-state index in [0.29, 0.717) is 6.42 Å². The van der Waals surface area contributed by atoms with E-state index >= 15 is 0 Å². The number of benzene rings is 1. The molecule has 0 spiro atoms. The van der Waals surface area contributed by atoms with Crippen LogP contribution in [0.1, 0.15) is 25.3 Å². The molecule has 1 aromatic rings. The number of aliphatic hydroxyl groups excluding tert-OH is 1. The lowest BCUT2D eigenvalue weighted by Crippen LogP contribution is -2.39. The molecule has 22 heavy (non-hydrogen) atoms. The lowest BCUT2D eigenvalue weighted by Gasteiger charge is -2.14. The molecule has 0 aromatic heterocycles. The van der Waals surface area contributed by atoms with Gasteiger partial charge in [0, 0.05) is 18.7 Å². The molecule has 0 saturated heterocycles. The average Bonchev–Trinajstić information content (AvgIpc) is 2.43. The van der Waals surface area contributed by atoms with Crippen LogP contribution in [0, 0.1) is 0 Å². The number of carbonyl (C=O) groups is 1. The molecule has 0 aliphatic heterocycles. The molecule has 0 heterocycles. The van der Waals surface area contributed by atoms with Crippen molar-refractivity contribution in [1.29, 1.82) is 0 Å². The fraction of sp³-hybridized carbons (Fsp3) is 0.500. The van der Waals surface area contributed by atoms with Crippen LogP contribution in [0.5, 0.6) is 5.75 Å². The van der Waals surface area contributed by atoms with Crippen molar-refractivity contribution in [2.75, 3.05) is 6.54 Å². The Hall–Kier alpha value is -1.96. The quantitative estimate of drug-likeness (QED) is 0.723. The Morgan fingerprint density at radius 1 is 1.32 bits per heavy atom. The third-order valence-electron chi connectivity index (χ3n) is 2.76. The van der Waals surface area contributed by atoms with Crippen LogP contribution in [-0.2, 0) is 6.54 Å². The predicted molar refractivity (Wildman–Crippen MR) is 74.3 cm³/mol. The molecule has 1 aromatic carbocycles. The van der Waals surface area contributed by atoms with Gasteiger partial charge < -0.3 is 20.5 Å². The second-order valence-corrected chi connectivity index (χ2v) is 4.66. The van der Waals surface area contributed by atoms with E-state index in [1.165, 1.54) is 18.2 Å². The Kier molecular flexibility index (Phi) is 6.97. The zero-order valence-electron chi connectivity index (χ0n) is 12.1. The first-order valence-electron chi connectivity index (χ1n) is 6.85. The topological polar surface area (TPSA) is 70.6 Å². The van der Waals surface area contributed by atoms with Gasteiger partial charge in [0.1, 0.15) is 5.75 Å². The molecule has 8 heteroatoms. The van der Waals surface area contributed by atoms with Crippen LogP contribution in [0.25, 0.3) is 0 Å². The summed E-state index contributed by atoms with van der Waals surface area (Å²) in [6.07, 6.45) is -4.09. The smallest absolute Gasteiger partial charge is 0.405 e. The van der Waals surface area contributed by atoms with E-state index in [9.17, 15) is 23.1 Å². The highest BCUT2D eigenvalue weighted by Crippen LogP contribution is 2.25. The average molecular weight is 320 g/mol. The molecule has 0 fully saturated rings. The van der Waals surface area contributed by atoms with Crippen LogP contribution in [0.2, 0.25) is 0 Å². The Labute approximate surface area is 126 Å². The molecule has 5 nitrogen and oxygen atoms in total. The van der Waals surface area contributed by atoms with Gasteiger partial charge in [-0.2, -0.15) is 0 Å². The Balaban J connectivity index is 2.49. The van der Waals surface area contributed by atoms with Gasteiger partial charge in [-0.25, -0.2) is 4.79 Å². The van der Waals surface area contributed by atoms with E-state index in [0.717, 1.165) is 6.42 Å². The number of urea groups is 1. The number of amides is 2. The number of carbonyl (C=O) groups excluding carboxylic acids is 1. The number of hydrogen-bond donors (Lipinski definition) is 3. The fourth-order valence-electron chi connectivity index (χ4n) is 1.76. The van der Waals surface area contributed by atoms with Gasteiger partial charge in [-0.05, 0) is 12.5 Å². The maximum atomic E-state index is 12.3. The molecule has 1 unspecified atom stereocenters. The van der Waals surface area contributed by atoms with Gasteiger partial charge >= 0.3 is 12.4 Å². The molecule has 3 N–H and O–H groups in total. The summed E-state index contributed by atoms with van der Waals surface area (Å²) in [4.78, 5) is 11.5. The first kappa shape index (κ1) is 18.1. The van der Waals surface area contributed by atoms with Crippen molar-refractivity contribution in [3.05, 3.63) is 29.8 Å². The predicted octanol–water partition coefficient (Wildman–Crippen LogP) is 2.55. The number of aliphatic hydroxyl groups is 1. The van der Waals surface area contributed by atoms with Crippen LogP contribution < -0.4 is 15.4 Å². The van der Waals surface area contributed by atoms with E-state index in [1.54, 1.807) is 6.07 Å². The molecule has 124 valence electrons. The summed E-state index contributed by atoms with van der Waals surface area (Å²) in [5.41, 5.74) is 0.198. The summed E-state index contributed by atoms with van der Waals surface area (Å²) >= 11 is 0. The van der Waals surface area contributed by atoms with Crippen LogP contribution >= 0.6 is 0 Å². The van der Waals surface area contributed by atoms with Crippen LogP contribution in [0.3, 0.4) is 0 Å². The van der Waals surface area contributed by atoms with Crippen molar-refractivity contribution in [1.82, 2.24) is 10.6 Å². The first-order valence-corrected chi connectivity index (χ1v) is 6.85. The third-order valence-corrected chi connectivity index (χ3v) is 2.76. The molecule has 0 radical (unpaired) electrons. The van der Waals surface area contributed by atoms with Gasteiger partial charge in [-0.3, -0.25) is 0 Å². The summed E-state index contributed by atoms with van der Waals surface area (Å²) in [7, 11) is 0. The Morgan fingerprint density at radius 2 is 2.00 bits per heavy atom. The molecular formula is C14H19F3N2O3. The zero-order valence-corrected chi connectivity index (χ0v) is 12.1. The highest BCUT2D eigenvalue weighted by atomic mass is 19.4. The SMILES string of the molecule is CCCC(O)CNC(=O)NCc1ccccc1OC(F)(F)F. The van der Waals surface area contributed by atoms with Gasteiger partial charge in [0.15, 0.2) is 0 Å². The number of nitrogens with one attached hydrogen (secondary N) is 2. The fourth-order valence-corrected chi connectivity index (χ4v) is 1.76. The van der Waals surface area contributed by atoms with Crippen molar-refractivity contribution in [2.24, 2.45) is 0 Å². The molecule has 0 aliphatic rings. The zero-order chi connectivity index (χ0) is 16.6. The molecule has 1 rings (SSSR count). The van der Waals surface area contributed by atoms with Crippen molar-refractivity contribution in [3.63, 3.8) is 0 Å². The number of rotatable bonds is 7. The Bertz CT molecular complexity index is 481. The van der Waals surface area contributed by atoms with Crippen molar-refractivity contribution in [3.8, 4) is 5.75 Å². The standard InChI is InChI=1S/C14H19F3N2O3/c1-2-5-11(20)9-19-13(21)18-8-10-6-3-4-7-12(10)22-14(15,16)17/h3-4,6-7,11,20H,2,5,8-9H2,1H3,(H2,18,19,21). The Morgan fingerprint density at radius 3 is 2.64 bits per heavy atom. The molecule has 0 aliphatic carbocycles. The van der Waals surface area contributed by atoms with Crippen molar-refractivity contribution in [2.45, 2.75) is 38.8 Å². The second kappa shape index (κ2) is 8.47. The highest BCUT2D eigenvalue weighted by molar-refractivity contribution is 5.73. The molecule has 2 amide bonds. The summed E-state index contributed by atoms with van der Waals surface area (Å²) in [5.74, 6) is -0.360. The maximum Gasteiger partial charge on any atom is 0.573 e. The van der Waals surface area contributed by atoms with Gasteiger partial charge in [0.05, 0.1) is 6.10 Å². The lowest BCUT2D eigenvalue weighted by molar-refractivity contribution is -0.274. The normalized spacial score (nSPS) is 12.6. The van der Waals surface area contributed by atoms with Gasteiger partial charge in [0.25, 0.3) is 0 Å². The molecular weight excluding hydrogens is 301 g/mol. The summed E-state index contributed by atoms with van der Waals surface area (Å²) < 4.78 is 40.6. The summed E-state index contributed by atoms with van der Waals surface area (Å²) in [6.45, 7) is 1.86. The minimum absolute atomic E-state index is 0.0837. The van der Waals surface area contributed by atoms with E-state index in [2.05, 4.69) is 15.4 Å². The highest BCUT2D eigenvalue weighted by Gasteiger charge is 2.31. The number of halogens is 3. The minimum atomic E-state index is -4.79. The number of hydrogen-bond acceptors (Lipinski definition) is 3. The number of alkyl halides is 3. The third kappa shape index (κ3) is 7.16. The largest absolute Gasteiger partial charge is 0.573 e. The lowest BCUT2D eigenvalue weighted by atomic mass is 10.2. The van der Waals surface area contributed by atoms with E-state index in [1.807, 2.05) is 6.92 Å². The van der Waals surface area contributed by atoms with Crippen molar-refractivity contribution >= 4 is 6.03 Å². The second-order valence-electron chi connectivity index (χ2n) is 4.66. The van der Waals surface area contributed by atoms with E-state index in [-0.39, 0.29) is 24.4 Å². The minimum Gasteiger partial charge on any atom is -0.405 e. The van der Waals surface area contributed by atoms with Gasteiger partial charge in [-0.15, -0.1) is 13.2 Å².